The maximum atomic E-state index is 12.7. The summed E-state index contributed by atoms with van der Waals surface area (Å²) in [6, 6.07) is 11.9. The Kier molecular flexibility index (Phi) is 3.57. The highest BCUT2D eigenvalue weighted by Crippen LogP contribution is 2.33. The van der Waals surface area contributed by atoms with Crippen molar-refractivity contribution < 1.29 is 9.59 Å². The summed E-state index contributed by atoms with van der Waals surface area (Å²) >= 11 is 12.1. The van der Waals surface area contributed by atoms with Gasteiger partial charge in [-0.1, -0.05) is 41.4 Å². The van der Waals surface area contributed by atoms with Gasteiger partial charge in [0.1, 0.15) is 6.54 Å². The second-order valence-corrected chi connectivity index (χ2v) is 5.37. The minimum Gasteiger partial charge on any atom is -0.323 e. The summed E-state index contributed by atoms with van der Waals surface area (Å²) in [5.74, 6) is -0.655. The van der Waals surface area contributed by atoms with Crippen LogP contribution < -0.4 is 10.2 Å². The van der Waals surface area contributed by atoms with Crippen molar-refractivity contribution in [2.75, 3.05) is 16.8 Å². The molecule has 1 aliphatic rings. The number of hydrogen-bond donors (Lipinski definition) is 1. The van der Waals surface area contributed by atoms with Crippen molar-refractivity contribution in [3.63, 3.8) is 0 Å². The van der Waals surface area contributed by atoms with Crippen LogP contribution in [0.15, 0.2) is 42.5 Å². The van der Waals surface area contributed by atoms with E-state index >= 15 is 0 Å². The molecule has 0 radical (unpaired) electrons. The number of carbonyl (C=O) groups excluding carboxylic acids is 2. The molecule has 0 spiro atoms. The summed E-state index contributed by atoms with van der Waals surface area (Å²) < 4.78 is 0. The highest BCUT2D eigenvalue weighted by Gasteiger charge is 2.29. The van der Waals surface area contributed by atoms with E-state index in [0.29, 0.717) is 11.4 Å². The van der Waals surface area contributed by atoms with E-state index in [1.54, 1.807) is 42.5 Å². The fraction of sp³-hybridized carbons (Fsp3) is 0.0667. The zero-order valence-corrected chi connectivity index (χ0v) is 12.3. The van der Waals surface area contributed by atoms with Gasteiger partial charge in [0, 0.05) is 0 Å². The Bertz CT molecular complexity index is 726. The lowest BCUT2D eigenvalue weighted by molar-refractivity contribution is -0.115. The van der Waals surface area contributed by atoms with Crippen LogP contribution in [-0.4, -0.2) is 18.4 Å². The predicted octanol–water partition coefficient (Wildman–Crippen LogP) is 3.59. The van der Waals surface area contributed by atoms with Gasteiger partial charge in [-0.3, -0.25) is 14.5 Å². The van der Waals surface area contributed by atoms with Crippen LogP contribution in [0.25, 0.3) is 0 Å². The lowest BCUT2D eigenvalue weighted by atomic mass is 10.1. The van der Waals surface area contributed by atoms with Crippen LogP contribution in [0.4, 0.5) is 11.4 Å². The highest BCUT2D eigenvalue weighted by atomic mass is 35.5. The van der Waals surface area contributed by atoms with Gasteiger partial charge in [0.05, 0.1) is 27.0 Å². The molecule has 1 heterocycles. The quantitative estimate of drug-likeness (QED) is 0.872. The Balaban J connectivity index is 2.09. The first-order valence-corrected chi connectivity index (χ1v) is 6.98. The molecule has 0 unspecified atom stereocenters. The molecule has 0 atom stereocenters. The molecule has 4 nitrogen and oxygen atoms in total. The van der Waals surface area contributed by atoms with E-state index < -0.39 is 5.91 Å². The number of fused-ring (bicyclic) bond motifs is 1. The molecular weight excluding hydrogens is 311 g/mol. The Hall–Kier alpha value is -2.04. The van der Waals surface area contributed by atoms with E-state index in [1.807, 2.05) is 0 Å². The van der Waals surface area contributed by atoms with Crippen molar-refractivity contribution in [2.45, 2.75) is 0 Å². The third kappa shape index (κ3) is 2.48. The van der Waals surface area contributed by atoms with Crippen LogP contribution in [-0.2, 0) is 4.79 Å². The summed E-state index contributed by atoms with van der Waals surface area (Å²) in [5.41, 5.74) is 1.41. The molecule has 2 aromatic rings. The summed E-state index contributed by atoms with van der Waals surface area (Å²) in [7, 11) is 0. The summed E-state index contributed by atoms with van der Waals surface area (Å²) in [5, 5.41) is 3.25. The average Bonchev–Trinajstić information content (AvgIpc) is 2.46. The Morgan fingerprint density at radius 3 is 2.43 bits per heavy atom. The van der Waals surface area contributed by atoms with E-state index in [0.717, 1.165) is 0 Å². The average molecular weight is 321 g/mol. The largest absolute Gasteiger partial charge is 0.323 e. The van der Waals surface area contributed by atoms with E-state index in [1.165, 1.54) is 4.90 Å². The predicted molar refractivity (Wildman–Crippen MR) is 83.2 cm³/mol. The smallest absolute Gasteiger partial charge is 0.261 e. The van der Waals surface area contributed by atoms with Gasteiger partial charge in [0.15, 0.2) is 0 Å². The molecule has 0 fully saturated rings. The topological polar surface area (TPSA) is 49.4 Å². The van der Waals surface area contributed by atoms with Crippen LogP contribution in [0.3, 0.4) is 0 Å². The summed E-state index contributed by atoms with van der Waals surface area (Å²) in [6.07, 6.45) is 0. The maximum absolute atomic E-state index is 12.7. The molecular formula is C15H10Cl2N2O2. The van der Waals surface area contributed by atoms with Crippen molar-refractivity contribution in [3.8, 4) is 0 Å². The molecule has 3 rings (SSSR count). The molecule has 1 N–H and O–H groups in total. The Labute approximate surface area is 131 Å². The zero-order valence-electron chi connectivity index (χ0n) is 10.8. The third-order valence-electron chi connectivity index (χ3n) is 3.19. The molecule has 2 aromatic carbocycles. The molecule has 2 amide bonds. The van der Waals surface area contributed by atoms with Crippen LogP contribution >= 0.6 is 23.2 Å². The lowest BCUT2D eigenvalue weighted by Crippen LogP contribution is -2.42. The number of anilines is 2. The fourth-order valence-electron chi connectivity index (χ4n) is 2.25. The minimum atomic E-state index is -0.395. The van der Waals surface area contributed by atoms with E-state index in [4.69, 9.17) is 23.2 Å². The van der Waals surface area contributed by atoms with Crippen molar-refractivity contribution in [3.05, 3.63) is 58.1 Å². The van der Waals surface area contributed by atoms with Crippen LogP contribution in [0.2, 0.25) is 10.0 Å². The molecule has 0 saturated carbocycles. The summed E-state index contributed by atoms with van der Waals surface area (Å²) in [6.45, 7) is -0.0720. The van der Waals surface area contributed by atoms with Crippen molar-refractivity contribution >= 4 is 46.4 Å². The monoisotopic (exact) mass is 320 g/mol. The van der Waals surface area contributed by atoms with Gasteiger partial charge >= 0.3 is 0 Å². The van der Waals surface area contributed by atoms with Crippen molar-refractivity contribution in [2.24, 2.45) is 0 Å². The first-order valence-electron chi connectivity index (χ1n) is 6.22. The Morgan fingerprint density at radius 1 is 1.05 bits per heavy atom. The second kappa shape index (κ2) is 5.39. The number of carbonyl (C=O) groups is 2. The first-order chi connectivity index (χ1) is 10.1. The van der Waals surface area contributed by atoms with Crippen LogP contribution in [0.5, 0.6) is 0 Å². The molecule has 106 valence electrons. The number of hydrogen-bond acceptors (Lipinski definition) is 2. The molecule has 0 aromatic heterocycles. The van der Waals surface area contributed by atoms with Gasteiger partial charge in [-0.05, 0) is 24.3 Å². The first kappa shape index (κ1) is 13.9. The highest BCUT2D eigenvalue weighted by molar-refractivity contribution is 6.40. The van der Waals surface area contributed by atoms with E-state index in [9.17, 15) is 9.59 Å². The SMILES string of the molecule is O=C1CN(C(=O)c2c(Cl)cccc2Cl)c2ccccc2N1. The molecule has 0 aliphatic carbocycles. The number of halogens is 2. The van der Waals surface area contributed by atoms with E-state index in [-0.39, 0.29) is 28.1 Å². The van der Waals surface area contributed by atoms with Gasteiger partial charge in [0.25, 0.3) is 5.91 Å². The molecule has 0 bridgehead atoms. The minimum absolute atomic E-state index is 0.0720. The van der Waals surface area contributed by atoms with Gasteiger partial charge < -0.3 is 5.32 Å². The molecule has 0 saturated heterocycles. The van der Waals surface area contributed by atoms with Gasteiger partial charge in [0.2, 0.25) is 5.91 Å². The number of amides is 2. The number of nitrogens with one attached hydrogen (secondary N) is 1. The van der Waals surface area contributed by atoms with Gasteiger partial charge in [-0.25, -0.2) is 0 Å². The van der Waals surface area contributed by atoms with Crippen LogP contribution in [0.1, 0.15) is 10.4 Å². The standard InChI is InChI=1S/C15H10Cl2N2O2/c16-9-4-3-5-10(17)14(9)15(21)19-8-13(20)18-11-6-1-2-7-12(11)19/h1-7H,8H2,(H,18,20). The van der Waals surface area contributed by atoms with Crippen LogP contribution in [0, 0.1) is 0 Å². The summed E-state index contributed by atoms with van der Waals surface area (Å²) in [4.78, 5) is 25.9. The molecule has 21 heavy (non-hydrogen) atoms. The third-order valence-corrected chi connectivity index (χ3v) is 3.82. The van der Waals surface area contributed by atoms with Gasteiger partial charge in [-0.15, -0.1) is 0 Å². The molecule has 1 aliphatic heterocycles. The number of benzene rings is 2. The second-order valence-electron chi connectivity index (χ2n) is 4.55. The number of para-hydroxylation sites is 2. The fourth-order valence-corrected chi connectivity index (χ4v) is 2.81. The maximum Gasteiger partial charge on any atom is 0.261 e. The zero-order chi connectivity index (χ0) is 15.0. The normalized spacial score (nSPS) is 13.6. The van der Waals surface area contributed by atoms with E-state index in [2.05, 4.69) is 5.32 Å². The van der Waals surface area contributed by atoms with Gasteiger partial charge in [-0.2, -0.15) is 0 Å². The Morgan fingerprint density at radius 2 is 1.71 bits per heavy atom. The molecule has 6 heteroatoms. The van der Waals surface area contributed by atoms with Crippen molar-refractivity contribution in [1.82, 2.24) is 0 Å². The lowest BCUT2D eigenvalue weighted by Gasteiger charge is -2.29. The number of rotatable bonds is 1. The number of nitrogens with zero attached hydrogens (tertiary/aromatic N) is 1. The van der Waals surface area contributed by atoms with Crippen molar-refractivity contribution in [1.29, 1.82) is 0 Å².